The van der Waals surface area contributed by atoms with Crippen LogP contribution in [0.2, 0.25) is 0 Å². The summed E-state index contributed by atoms with van der Waals surface area (Å²) >= 11 is 0. The smallest absolute Gasteiger partial charge is 0.248 e. The van der Waals surface area contributed by atoms with Gasteiger partial charge in [0.1, 0.15) is 11.6 Å². The summed E-state index contributed by atoms with van der Waals surface area (Å²) in [6.07, 6.45) is 2.85. The number of aromatic nitrogens is 1. The SMILES string of the molecule is CC1(C)NC(=O)C2CN(CCC(OCc3ccc(-c4ccccc4)cc3)c3cn(Cc4ccccc4)c4ccccc34)CCN2C1=O. The predicted octanol–water partition coefficient (Wildman–Crippen LogP) is 6.43. The van der Waals surface area contributed by atoms with Crippen LogP contribution in [-0.2, 0) is 27.5 Å². The van der Waals surface area contributed by atoms with Crippen molar-refractivity contribution in [3.63, 3.8) is 0 Å². The summed E-state index contributed by atoms with van der Waals surface area (Å²) in [5.41, 5.74) is 6.24. The normalized spacial score (nSPS) is 18.6. The zero-order valence-corrected chi connectivity index (χ0v) is 27.1. The quantitative estimate of drug-likeness (QED) is 0.194. The van der Waals surface area contributed by atoms with Gasteiger partial charge in [0, 0.05) is 55.4 Å². The maximum absolute atomic E-state index is 13.0. The molecule has 47 heavy (non-hydrogen) atoms. The largest absolute Gasteiger partial charge is 0.369 e. The topological polar surface area (TPSA) is 66.8 Å². The highest BCUT2D eigenvalue weighted by Crippen LogP contribution is 2.33. The van der Waals surface area contributed by atoms with Crippen LogP contribution in [0.15, 0.2) is 115 Å². The fourth-order valence-electron chi connectivity index (χ4n) is 7.01. The van der Waals surface area contributed by atoms with Gasteiger partial charge in [0.05, 0.1) is 12.7 Å². The summed E-state index contributed by atoms with van der Waals surface area (Å²) in [5, 5.41) is 4.12. The lowest BCUT2D eigenvalue weighted by atomic mass is 9.95. The molecule has 7 heteroatoms. The molecular weight excluding hydrogens is 584 g/mol. The van der Waals surface area contributed by atoms with Gasteiger partial charge in [-0.25, -0.2) is 0 Å². The summed E-state index contributed by atoms with van der Waals surface area (Å²) in [6.45, 7) is 7.38. The first-order valence-electron chi connectivity index (χ1n) is 16.6. The number of rotatable bonds is 10. The van der Waals surface area contributed by atoms with E-state index in [0.29, 0.717) is 19.7 Å². The van der Waals surface area contributed by atoms with Crippen LogP contribution in [0.1, 0.15) is 43.1 Å². The number of nitrogens with one attached hydrogen (secondary N) is 1. The molecule has 2 fully saturated rings. The summed E-state index contributed by atoms with van der Waals surface area (Å²) in [7, 11) is 0. The molecule has 2 unspecified atom stereocenters. The molecule has 2 saturated heterocycles. The average Bonchev–Trinajstić information content (AvgIpc) is 3.46. The fourth-order valence-corrected chi connectivity index (χ4v) is 7.01. The number of hydrogen-bond acceptors (Lipinski definition) is 4. The van der Waals surface area contributed by atoms with Gasteiger partial charge in [0.2, 0.25) is 11.8 Å². The highest BCUT2D eigenvalue weighted by molar-refractivity contribution is 5.99. The van der Waals surface area contributed by atoms with E-state index in [0.717, 1.165) is 31.6 Å². The van der Waals surface area contributed by atoms with Crippen molar-refractivity contribution in [1.29, 1.82) is 0 Å². The van der Waals surface area contributed by atoms with Gasteiger partial charge in [0.15, 0.2) is 0 Å². The van der Waals surface area contributed by atoms with Crippen molar-refractivity contribution in [2.75, 3.05) is 26.2 Å². The van der Waals surface area contributed by atoms with E-state index < -0.39 is 11.6 Å². The summed E-state index contributed by atoms with van der Waals surface area (Å²) < 4.78 is 9.13. The van der Waals surface area contributed by atoms with Gasteiger partial charge < -0.3 is 19.5 Å². The van der Waals surface area contributed by atoms with E-state index in [1.54, 1.807) is 18.7 Å². The van der Waals surface area contributed by atoms with Crippen LogP contribution in [0.3, 0.4) is 0 Å². The molecule has 0 aliphatic carbocycles. The van der Waals surface area contributed by atoms with E-state index in [4.69, 9.17) is 4.74 Å². The minimum absolute atomic E-state index is 0.00697. The van der Waals surface area contributed by atoms with Crippen LogP contribution >= 0.6 is 0 Å². The maximum Gasteiger partial charge on any atom is 0.248 e. The third-order valence-corrected chi connectivity index (χ3v) is 9.58. The zero-order valence-electron chi connectivity index (χ0n) is 27.1. The Kier molecular flexibility index (Phi) is 8.67. The van der Waals surface area contributed by atoms with Crippen LogP contribution in [0.5, 0.6) is 0 Å². The summed E-state index contributed by atoms with van der Waals surface area (Å²) in [5.74, 6) is -0.0810. The highest BCUT2D eigenvalue weighted by Gasteiger charge is 2.47. The van der Waals surface area contributed by atoms with Crippen LogP contribution in [-0.4, -0.2) is 63.9 Å². The molecule has 2 aliphatic rings. The molecule has 2 aliphatic heterocycles. The van der Waals surface area contributed by atoms with E-state index in [9.17, 15) is 9.59 Å². The number of hydrogen-bond donors (Lipinski definition) is 1. The lowest BCUT2D eigenvalue weighted by Crippen LogP contribution is -2.72. The number of piperazine rings is 2. The first-order valence-corrected chi connectivity index (χ1v) is 16.6. The number of benzene rings is 4. The Morgan fingerprint density at radius 2 is 1.49 bits per heavy atom. The molecule has 1 N–H and O–H groups in total. The second kappa shape index (κ2) is 13.2. The third-order valence-electron chi connectivity index (χ3n) is 9.58. The fraction of sp³-hybridized carbons (Fsp3) is 0.300. The highest BCUT2D eigenvalue weighted by atomic mass is 16.5. The van der Waals surface area contributed by atoms with Crippen molar-refractivity contribution < 1.29 is 14.3 Å². The van der Waals surface area contributed by atoms with Crippen LogP contribution < -0.4 is 5.32 Å². The van der Waals surface area contributed by atoms with E-state index in [-0.39, 0.29) is 17.9 Å². The van der Waals surface area contributed by atoms with E-state index >= 15 is 0 Å². The monoisotopic (exact) mass is 626 g/mol. The predicted molar refractivity (Wildman–Crippen MR) is 186 cm³/mol. The molecule has 2 atom stereocenters. The Bertz CT molecular complexity index is 1850. The number of fused-ring (bicyclic) bond motifs is 2. The average molecular weight is 627 g/mol. The van der Waals surface area contributed by atoms with Gasteiger partial charge in [-0.05, 0) is 48.6 Å². The Hall–Kier alpha value is -4.72. The second-order valence-electron chi connectivity index (χ2n) is 13.3. The molecule has 7 nitrogen and oxygen atoms in total. The van der Waals surface area contributed by atoms with Crippen molar-refractivity contribution in [3.8, 4) is 11.1 Å². The molecule has 0 bridgehead atoms. The van der Waals surface area contributed by atoms with Gasteiger partial charge in [-0.15, -0.1) is 0 Å². The molecule has 1 aromatic heterocycles. The number of para-hydroxylation sites is 1. The minimum atomic E-state index is -0.859. The van der Waals surface area contributed by atoms with E-state index in [1.165, 1.54) is 33.2 Å². The van der Waals surface area contributed by atoms with E-state index in [2.05, 4.69) is 118 Å². The van der Waals surface area contributed by atoms with Crippen molar-refractivity contribution in [1.82, 2.24) is 19.7 Å². The van der Waals surface area contributed by atoms with Gasteiger partial charge >= 0.3 is 0 Å². The molecule has 0 radical (unpaired) electrons. The number of amides is 2. The number of ether oxygens (including phenoxy) is 1. The molecule has 0 spiro atoms. The Morgan fingerprint density at radius 3 is 2.26 bits per heavy atom. The molecule has 7 rings (SSSR count). The van der Waals surface area contributed by atoms with E-state index in [1.807, 2.05) is 12.1 Å². The maximum atomic E-state index is 13.0. The standard InChI is InChI=1S/C40H42N4O3/c1-40(2)39(46)44-24-23-42(27-36(44)38(45)41-40)22-21-37(47-28-30-17-19-32(20-18-30)31-13-7-4-8-14-31)34-26-43(25-29-11-5-3-6-12-29)35-16-10-9-15-33(34)35/h3-20,26,36-37H,21-25,27-28H2,1-2H3,(H,41,45). The number of nitrogens with zero attached hydrogens (tertiary/aromatic N) is 3. The van der Waals surface area contributed by atoms with Gasteiger partial charge in [0.25, 0.3) is 0 Å². The number of carbonyl (C=O) groups excluding carboxylic acids is 2. The Morgan fingerprint density at radius 1 is 0.809 bits per heavy atom. The molecule has 0 saturated carbocycles. The molecule has 4 aromatic carbocycles. The molecule has 3 heterocycles. The van der Waals surface area contributed by atoms with Crippen LogP contribution in [0.25, 0.3) is 22.0 Å². The molecular formula is C40H42N4O3. The second-order valence-corrected chi connectivity index (χ2v) is 13.3. The summed E-state index contributed by atoms with van der Waals surface area (Å²) in [6, 6.07) is 37.7. The Labute approximate surface area is 276 Å². The zero-order chi connectivity index (χ0) is 32.4. The number of carbonyl (C=O) groups is 2. The lowest BCUT2D eigenvalue weighted by Gasteiger charge is -2.48. The van der Waals surface area contributed by atoms with Crippen molar-refractivity contribution in [3.05, 3.63) is 132 Å². The van der Waals surface area contributed by atoms with Crippen LogP contribution in [0, 0.1) is 0 Å². The first-order chi connectivity index (χ1) is 22.9. The van der Waals surface area contributed by atoms with Gasteiger partial charge in [-0.1, -0.05) is 103 Å². The van der Waals surface area contributed by atoms with Crippen LogP contribution in [0.4, 0.5) is 0 Å². The van der Waals surface area contributed by atoms with Crippen molar-refractivity contribution in [2.45, 2.75) is 51.1 Å². The van der Waals surface area contributed by atoms with Gasteiger partial charge in [-0.3, -0.25) is 14.5 Å². The first kappa shape index (κ1) is 30.9. The molecule has 2 amide bonds. The summed E-state index contributed by atoms with van der Waals surface area (Å²) in [4.78, 5) is 30.1. The Balaban J connectivity index is 1.12. The molecule has 240 valence electrons. The molecule has 5 aromatic rings. The van der Waals surface area contributed by atoms with Gasteiger partial charge in [-0.2, -0.15) is 0 Å². The van der Waals surface area contributed by atoms with Crippen molar-refractivity contribution in [2.24, 2.45) is 0 Å². The third kappa shape index (κ3) is 6.59. The minimum Gasteiger partial charge on any atom is -0.369 e. The van der Waals surface area contributed by atoms with Crippen molar-refractivity contribution >= 4 is 22.7 Å². The lowest BCUT2D eigenvalue weighted by molar-refractivity contribution is -0.157.